The van der Waals surface area contributed by atoms with Crippen LogP contribution in [0.25, 0.3) is 0 Å². The third-order valence-electron chi connectivity index (χ3n) is 6.43. The molecule has 2 aliphatic heterocycles. The molecule has 6 nitrogen and oxygen atoms in total. The first kappa shape index (κ1) is 22.6. The zero-order valence-electron chi connectivity index (χ0n) is 18.8. The molecule has 0 radical (unpaired) electrons. The Hall–Kier alpha value is -2.08. The molecule has 6 heteroatoms. The second-order valence-corrected chi connectivity index (χ2v) is 9.44. The monoisotopic (exact) mass is 415 g/mol. The second-order valence-electron chi connectivity index (χ2n) is 9.44. The molecule has 2 heterocycles. The van der Waals surface area contributed by atoms with Gasteiger partial charge in [-0.2, -0.15) is 0 Å². The first-order valence-electron chi connectivity index (χ1n) is 11.3. The zero-order chi connectivity index (χ0) is 21.6. The Balaban J connectivity index is 1.64. The van der Waals surface area contributed by atoms with E-state index in [4.69, 9.17) is 4.74 Å². The average molecular weight is 416 g/mol. The number of ether oxygens (including phenoxy) is 1. The van der Waals surface area contributed by atoms with Gasteiger partial charge in [-0.25, -0.2) is 0 Å². The van der Waals surface area contributed by atoms with Crippen molar-refractivity contribution in [2.24, 2.45) is 11.3 Å². The minimum atomic E-state index is -0.217. The lowest BCUT2D eigenvalue weighted by Crippen LogP contribution is -2.51. The predicted octanol–water partition coefficient (Wildman–Crippen LogP) is 2.88. The number of benzene rings is 1. The third kappa shape index (κ3) is 6.21. The number of nitrogens with zero attached hydrogens (tertiary/aromatic N) is 3. The van der Waals surface area contributed by atoms with Gasteiger partial charge < -0.3 is 19.4 Å². The number of likely N-dealkylation sites (tertiary alicyclic amines) is 1. The van der Waals surface area contributed by atoms with E-state index in [0.717, 1.165) is 44.8 Å². The molecule has 3 rings (SSSR count). The van der Waals surface area contributed by atoms with Gasteiger partial charge in [-0.3, -0.25) is 9.59 Å². The van der Waals surface area contributed by atoms with Crippen LogP contribution >= 0.6 is 0 Å². The smallest absolute Gasteiger partial charge is 0.223 e. The van der Waals surface area contributed by atoms with E-state index in [2.05, 4.69) is 25.8 Å². The van der Waals surface area contributed by atoms with E-state index in [0.29, 0.717) is 38.5 Å². The molecule has 30 heavy (non-hydrogen) atoms. The van der Waals surface area contributed by atoms with E-state index < -0.39 is 0 Å². The first-order chi connectivity index (χ1) is 14.4. The number of piperazine rings is 1. The van der Waals surface area contributed by atoms with Gasteiger partial charge in [0.15, 0.2) is 0 Å². The van der Waals surface area contributed by atoms with Crippen molar-refractivity contribution in [3.8, 4) is 5.75 Å². The maximum atomic E-state index is 13.1. The number of likely N-dealkylation sites (N-methyl/N-ethyl adjacent to an activating group) is 1. The summed E-state index contributed by atoms with van der Waals surface area (Å²) in [4.78, 5) is 31.9. The maximum absolute atomic E-state index is 13.1. The van der Waals surface area contributed by atoms with Crippen LogP contribution in [-0.2, 0) is 9.59 Å². The number of hydrogen-bond donors (Lipinski definition) is 0. The first-order valence-corrected chi connectivity index (χ1v) is 11.3. The lowest BCUT2D eigenvalue weighted by atomic mass is 9.75. The van der Waals surface area contributed by atoms with E-state index >= 15 is 0 Å². The van der Waals surface area contributed by atoms with Crippen LogP contribution in [-0.4, -0.2) is 79.4 Å². The molecular formula is C24H37N3O3. The number of carbonyl (C=O) groups excluding carboxylic acids is 2. The van der Waals surface area contributed by atoms with Crippen molar-refractivity contribution in [1.82, 2.24) is 14.7 Å². The molecule has 0 unspecified atom stereocenters. The summed E-state index contributed by atoms with van der Waals surface area (Å²) >= 11 is 0. The predicted molar refractivity (Wildman–Crippen MR) is 118 cm³/mol. The van der Waals surface area contributed by atoms with Crippen LogP contribution in [0.2, 0.25) is 0 Å². The minimum Gasteiger partial charge on any atom is -0.493 e. The van der Waals surface area contributed by atoms with Gasteiger partial charge in [-0.15, -0.1) is 0 Å². The number of hydrogen-bond acceptors (Lipinski definition) is 4. The highest BCUT2D eigenvalue weighted by molar-refractivity contribution is 5.78. The lowest BCUT2D eigenvalue weighted by molar-refractivity contribution is -0.139. The molecule has 2 aliphatic rings. The van der Waals surface area contributed by atoms with Gasteiger partial charge in [0.1, 0.15) is 5.75 Å². The van der Waals surface area contributed by atoms with Crippen molar-refractivity contribution in [2.45, 2.75) is 39.5 Å². The molecule has 0 atom stereocenters. The second kappa shape index (κ2) is 10.3. The molecule has 2 fully saturated rings. The van der Waals surface area contributed by atoms with E-state index in [9.17, 15) is 9.59 Å². The van der Waals surface area contributed by atoms with Crippen LogP contribution in [0.3, 0.4) is 0 Å². The van der Waals surface area contributed by atoms with Crippen molar-refractivity contribution >= 4 is 11.8 Å². The van der Waals surface area contributed by atoms with Gasteiger partial charge in [0.2, 0.25) is 11.8 Å². The summed E-state index contributed by atoms with van der Waals surface area (Å²) in [6, 6.07) is 9.81. The van der Waals surface area contributed by atoms with Crippen LogP contribution in [0.4, 0.5) is 0 Å². The van der Waals surface area contributed by atoms with E-state index in [1.807, 2.05) is 40.1 Å². The fourth-order valence-corrected chi connectivity index (χ4v) is 4.32. The van der Waals surface area contributed by atoms with E-state index in [1.165, 1.54) is 0 Å². The van der Waals surface area contributed by atoms with E-state index in [-0.39, 0.29) is 17.2 Å². The van der Waals surface area contributed by atoms with Gasteiger partial charge >= 0.3 is 0 Å². The van der Waals surface area contributed by atoms with Gasteiger partial charge in [-0.1, -0.05) is 32.0 Å². The van der Waals surface area contributed by atoms with Crippen molar-refractivity contribution in [1.29, 1.82) is 0 Å². The summed E-state index contributed by atoms with van der Waals surface area (Å²) in [6.45, 7) is 9.53. The molecule has 2 saturated heterocycles. The number of rotatable bonds is 7. The summed E-state index contributed by atoms with van der Waals surface area (Å²) in [5, 5.41) is 0. The lowest BCUT2D eigenvalue weighted by Gasteiger charge is -2.43. The molecule has 0 N–H and O–H groups in total. The molecule has 0 aliphatic carbocycles. The van der Waals surface area contributed by atoms with Crippen molar-refractivity contribution in [3.05, 3.63) is 30.3 Å². The molecule has 166 valence electrons. The molecule has 0 spiro atoms. The highest BCUT2D eigenvalue weighted by Crippen LogP contribution is 2.37. The minimum absolute atomic E-state index is 0.217. The Morgan fingerprint density at radius 3 is 2.13 bits per heavy atom. The molecular weight excluding hydrogens is 378 g/mol. The van der Waals surface area contributed by atoms with Crippen molar-refractivity contribution in [3.63, 3.8) is 0 Å². The van der Waals surface area contributed by atoms with Crippen LogP contribution in [0.1, 0.15) is 39.5 Å². The number of amides is 2. The SMILES string of the molecule is CC(C)CC(=O)N1CCC(COc2ccccc2)(CC(=O)N2CCN(C)CC2)CC1. The van der Waals surface area contributed by atoms with Gasteiger partial charge in [-0.05, 0) is 37.9 Å². The van der Waals surface area contributed by atoms with Gasteiger partial charge in [0, 0.05) is 57.5 Å². The Bertz CT molecular complexity index is 691. The Morgan fingerprint density at radius 2 is 1.53 bits per heavy atom. The standard InChI is InChI=1S/C24H37N3O3/c1-20(2)17-22(28)26-11-9-24(10-12-26,19-30-21-7-5-4-6-8-21)18-23(29)27-15-13-25(3)14-16-27/h4-8,20H,9-19H2,1-3H3. The molecule has 0 bridgehead atoms. The fourth-order valence-electron chi connectivity index (χ4n) is 4.32. The van der Waals surface area contributed by atoms with Crippen LogP contribution in [0.5, 0.6) is 5.75 Å². The van der Waals surface area contributed by atoms with E-state index in [1.54, 1.807) is 0 Å². The fraction of sp³-hybridized carbons (Fsp3) is 0.667. The summed E-state index contributed by atoms with van der Waals surface area (Å²) < 4.78 is 6.13. The molecule has 0 aromatic heterocycles. The number of carbonyl (C=O) groups is 2. The number of para-hydroxylation sites is 1. The Labute approximate surface area is 181 Å². The van der Waals surface area contributed by atoms with Gasteiger partial charge in [0.05, 0.1) is 6.61 Å². The summed E-state index contributed by atoms with van der Waals surface area (Å²) in [7, 11) is 2.10. The largest absolute Gasteiger partial charge is 0.493 e. The number of piperidine rings is 1. The Kier molecular flexibility index (Phi) is 7.75. The highest BCUT2D eigenvalue weighted by atomic mass is 16.5. The van der Waals surface area contributed by atoms with Crippen molar-refractivity contribution in [2.75, 3.05) is 52.9 Å². The quantitative estimate of drug-likeness (QED) is 0.687. The zero-order valence-corrected chi connectivity index (χ0v) is 18.8. The van der Waals surface area contributed by atoms with Crippen molar-refractivity contribution < 1.29 is 14.3 Å². The third-order valence-corrected chi connectivity index (χ3v) is 6.43. The molecule has 2 amide bonds. The average Bonchev–Trinajstić information content (AvgIpc) is 2.73. The summed E-state index contributed by atoms with van der Waals surface area (Å²) in [6.07, 6.45) is 2.70. The van der Waals surface area contributed by atoms with Gasteiger partial charge in [0.25, 0.3) is 0 Å². The normalized spacial score (nSPS) is 19.7. The maximum Gasteiger partial charge on any atom is 0.223 e. The topological polar surface area (TPSA) is 53.1 Å². The Morgan fingerprint density at radius 1 is 0.933 bits per heavy atom. The molecule has 1 aromatic carbocycles. The molecule has 0 saturated carbocycles. The summed E-state index contributed by atoms with van der Waals surface area (Å²) in [5.74, 6) is 1.65. The summed E-state index contributed by atoms with van der Waals surface area (Å²) in [5.41, 5.74) is -0.217. The van der Waals surface area contributed by atoms with Crippen LogP contribution in [0.15, 0.2) is 30.3 Å². The molecule has 1 aromatic rings. The van der Waals surface area contributed by atoms with Crippen LogP contribution < -0.4 is 4.74 Å². The highest BCUT2D eigenvalue weighted by Gasteiger charge is 2.40. The van der Waals surface area contributed by atoms with Crippen LogP contribution in [0, 0.1) is 11.3 Å².